The molecule has 0 unspecified atom stereocenters. The molecule has 3 aromatic carbocycles. The lowest BCUT2D eigenvalue weighted by molar-refractivity contribution is -0.157. The van der Waals surface area contributed by atoms with Gasteiger partial charge in [-0.15, -0.1) is 0 Å². The van der Waals surface area contributed by atoms with Crippen LogP contribution >= 0.6 is 0 Å². The van der Waals surface area contributed by atoms with Gasteiger partial charge in [-0.3, -0.25) is 14.5 Å². The highest BCUT2D eigenvalue weighted by atomic mass is 16.5. The van der Waals surface area contributed by atoms with Crippen LogP contribution in [0.5, 0.6) is 0 Å². The number of hydrogen-bond acceptors (Lipinski definition) is 4. The Morgan fingerprint density at radius 1 is 0.886 bits per heavy atom. The standard InChI is InChI=1S/C31H31NO3/c1-35-30(34)31-21-11-12-22-32(31)26(20-19-23-13-5-2-6-14-23)27(28(31)24-15-7-3-8-16-24)29(33)25-17-9-4-10-18-25/h2-10,13-20,26-28H,11-12,21-22H2,1H3/b20-19+/t26-,27-,28+,31+/m0/s1. The summed E-state index contributed by atoms with van der Waals surface area (Å²) < 4.78 is 5.48. The van der Waals surface area contributed by atoms with Gasteiger partial charge in [-0.2, -0.15) is 0 Å². The number of fused-ring (bicyclic) bond motifs is 1. The summed E-state index contributed by atoms with van der Waals surface area (Å²) in [6, 6.07) is 29.4. The van der Waals surface area contributed by atoms with Crippen LogP contribution in [0.3, 0.4) is 0 Å². The summed E-state index contributed by atoms with van der Waals surface area (Å²) in [5.74, 6) is -0.904. The van der Waals surface area contributed by atoms with Crippen LogP contribution in [-0.2, 0) is 9.53 Å². The maximum atomic E-state index is 14.2. The first-order valence-corrected chi connectivity index (χ1v) is 12.4. The number of piperidine rings is 1. The zero-order valence-corrected chi connectivity index (χ0v) is 20.0. The highest BCUT2D eigenvalue weighted by Crippen LogP contribution is 2.55. The summed E-state index contributed by atoms with van der Waals surface area (Å²) in [5, 5.41) is 0. The van der Waals surface area contributed by atoms with E-state index >= 15 is 0 Å². The van der Waals surface area contributed by atoms with Gasteiger partial charge in [0.1, 0.15) is 5.54 Å². The van der Waals surface area contributed by atoms with E-state index in [1.54, 1.807) is 0 Å². The highest BCUT2D eigenvalue weighted by Gasteiger charge is 2.65. The van der Waals surface area contributed by atoms with Crippen molar-refractivity contribution >= 4 is 17.8 Å². The molecular formula is C31H31NO3. The van der Waals surface area contributed by atoms with Crippen LogP contribution in [0, 0.1) is 5.92 Å². The van der Waals surface area contributed by atoms with E-state index < -0.39 is 11.5 Å². The summed E-state index contributed by atoms with van der Waals surface area (Å²) in [5.41, 5.74) is 1.88. The quantitative estimate of drug-likeness (QED) is 0.343. The van der Waals surface area contributed by atoms with Gasteiger partial charge in [-0.25, -0.2) is 0 Å². The number of hydrogen-bond donors (Lipinski definition) is 0. The Hall–Kier alpha value is -3.50. The van der Waals surface area contributed by atoms with E-state index in [1.807, 2.05) is 66.7 Å². The molecule has 4 heteroatoms. The van der Waals surface area contributed by atoms with Crippen molar-refractivity contribution in [1.82, 2.24) is 4.90 Å². The molecule has 178 valence electrons. The maximum Gasteiger partial charge on any atom is 0.326 e. The molecule has 0 aliphatic carbocycles. The summed E-state index contributed by atoms with van der Waals surface area (Å²) in [6.45, 7) is 0.751. The number of esters is 1. The molecule has 0 bridgehead atoms. The van der Waals surface area contributed by atoms with Crippen molar-refractivity contribution in [2.75, 3.05) is 13.7 Å². The van der Waals surface area contributed by atoms with Crippen molar-refractivity contribution in [3.63, 3.8) is 0 Å². The minimum Gasteiger partial charge on any atom is -0.468 e. The molecule has 5 rings (SSSR count). The van der Waals surface area contributed by atoms with Crippen molar-refractivity contribution in [3.8, 4) is 0 Å². The third-order valence-electron chi connectivity index (χ3n) is 7.66. The van der Waals surface area contributed by atoms with Crippen molar-refractivity contribution in [2.24, 2.45) is 5.92 Å². The molecule has 2 aliphatic rings. The average molecular weight is 466 g/mol. The van der Waals surface area contributed by atoms with E-state index in [0.717, 1.165) is 30.5 Å². The van der Waals surface area contributed by atoms with Crippen molar-refractivity contribution in [3.05, 3.63) is 114 Å². The molecule has 0 aromatic heterocycles. The lowest BCUT2D eigenvalue weighted by Gasteiger charge is -2.44. The zero-order chi connectivity index (χ0) is 24.3. The second kappa shape index (κ2) is 10.0. The molecule has 2 fully saturated rings. The second-order valence-corrected chi connectivity index (χ2v) is 9.47. The Morgan fingerprint density at radius 2 is 1.51 bits per heavy atom. The number of ether oxygens (including phenoxy) is 1. The summed E-state index contributed by atoms with van der Waals surface area (Å²) in [6.07, 6.45) is 6.80. The number of benzene rings is 3. The van der Waals surface area contributed by atoms with Gasteiger partial charge in [-0.05, 0) is 36.9 Å². The topological polar surface area (TPSA) is 46.6 Å². The van der Waals surface area contributed by atoms with E-state index in [2.05, 4.69) is 41.3 Å². The predicted octanol–water partition coefficient (Wildman–Crippen LogP) is 5.76. The second-order valence-electron chi connectivity index (χ2n) is 9.47. The molecule has 0 spiro atoms. The highest BCUT2D eigenvalue weighted by molar-refractivity contribution is 6.01. The van der Waals surface area contributed by atoms with E-state index in [0.29, 0.717) is 12.0 Å². The first kappa shape index (κ1) is 23.3. The molecule has 4 atom stereocenters. The molecule has 4 nitrogen and oxygen atoms in total. The van der Waals surface area contributed by atoms with Crippen LogP contribution < -0.4 is 0 Å². The molecule has 0 radical (unpaired) electrons. The normalized spacial score (nSPS) is 26.4. The third kappa shape index (κ3) is 4.12. The van der Waals surface area contributed by atoms with Crippen molar-refractivity contribution in [2.45, 2.75) is 36.8 Å². The molecular weight excluding hydrogens is 434 g/mol. The predicted molar refractivity (Wildman–Crippen MR) is 138 cm³/mol. The molecule has 2 heterocycles. The lowest BCUT2D eigenvalue weighted by atomic mass is 9.69. The van der Waals surface area contributed by atoms with Crippen LogP contribution in [0.4, 0.5) is 0 Å². The summed E-state index contributed by atoms with van der Waals surface area (Å²) in [4.78, 5) is 30.2. The van der Waals surface area contributed by atoms with Gasteiger partial charge in [-0.1, -0.05) is 103 Å². The fraction of sp³-hybridized carbons (Fsp3) is 0.290. The van der Waals surface area contributed by atoms with Crippen LogP contribution in [-0.4, -0.2) is 41.9 Å². The van der Waals surface area contributed by atoms with E-state index in [1.165, 1.54) is 7.11 Å². The Kier molecular flexibility index (Phi) is 6.65. The Morgan fingerprint density at radius 3 is 2.17 bits per heavy atom. The van der Waals surface area contributed by atoms with Crippen molar-refractivity contribution < 1.29 is 14.3 Å². The Labute approximate surface area is 207 Å². The largest absolute Gasteiger partial charge is 0.468 e. The number of carbonyl (C=O) groups is 2. The number of Topliss-reactive ketones (excluding diaryl/α,β-unsaturated/α-hetero) is 1. The minimum atomic E-state index is -0.880. The maximum absolute atomic E-state index is 14.2. The van der Waals surface area contributed by atoms with E-state index in [-0.39, 0.29) is 23.7 Å². The van der Waals surface area contributed by atoms with Crippen molar-refractivity contribution in [1.29, 1.82) is 0 Å². The SMILES string of the molecule is COC(=O)[C@]12CCCCN1[C@@H](/C=C/c1ccccc1)[C@H](C(=O)c1ccccc1)[C@H]2c1ccccc1. The summed E-state index contributed by atoms with van der Waals surface area (Å²) in [7, 11) is 1.47. The Balaban J connectivity index is 1.71. The van der Waals surface area contributed by atoms with Gasteiger partial charge >= 0.3 is 5.97 Å². The zero-order valence-electron chi connectivity index (χ0n) is 20.0. The molecule has 2 aliphatic heterocycles. The fourth-order valence-electron chi connectivity index (χ4n) is 6.22. The third-order valence-corrected chi connectivity index (χ3v) is 7.66. The Bertz CT molecular complexity index is 1190. The lowest BCUT2D eigenvalue weighted by Crippen LogP contribution is -2.58. The molecule has 3 aromatic rings. The molecule has 2 saturated heterocycles. The monoisotopic (exact) mass is 465 g/mol. The van der Waals surface area contributed by atoms with Gasteiger partial charge in [0.2, 0.25) is 0 Å². The van der Waals surface area contributed by atoms with Gasteiger partial charge in [0, 0.05) is 17.5 Å². The van der Waals surface area contributed by atoms with E-state index in [4.69, 9.17) is 4.74 Å². The smallest absolute Gasteiger partial charge is 0.326 e. The first-order chi connectivity index (χ1) is 17.2. The van der Waals surface area contributed by atoms with Gasteiger partial charge in [0.25, 0.3) is 0 Å². The van der Waals surface area contributed by atoms with Crippen LogP contribution in [0.15, 0.2) is 97.1 Å². The number of methoxy groups -OCH3 is 1. The molecule has 35 heavy (non-hydrogen) atoms. The number of rotatable bonds is 6. The van der Waals surface area contributed by atoms with Crippen LogP contribution in [0.1, 0.15) is 46.7 Å². The molecule has 0 saturated carbocycles. The van der Waals surface area contributed by atoms with Gasteiger partial charge in [0.15, 0.2) is 5.78 Å². The van der Waals surface area contributed by atoms with Gasteiger partial charge in [0.05, 0.1) is 13.0 Å². The van der Waals surface area contributed by atoms with E-state index in [9.17, 15) is 9.59 Å². The van der Waals surface area contributed by atoms with Crippen LogP contribution in [0.2, 0.25) is 0 Å². The van der Waals surface area contributed by atoms with Gasteiger partial charge < -0.3 is 4.74 Å². The number of ketones is 1. The number of carbonyl (C=O) groups excluding carboxylic acids is 2. The number of nitrogens with zero attached hydrogens (tertiary/aromatic N) is 1. The summed E-state index contributed by atoms with van der Waals surface area (Å²) >= 11 is 0. The van der Waals surface area contributed by atoms with Crippen LogP contribution in [0.25, 0.3) is 6.08 Å². The first-order valence-electron chi connectivity index (χ1n) is 12.4. The minimum absolute atomic E-state index is 0.0693. The molecule has 0 N–H and O–H groups in total. The average Bonchev–Trinajstić information content (AvgIpc) is 3.23. The fourth-order valence-corrected chi connectivity index (χ4v) is 6.22. The molecule has 0 amide bonds.